The summed E-state index contributed by atoms with van der Waals surface area (Å²) < 4.78 is 0. The number of nitrogens with two attached hydrogens (primary N) is 1. The molecule has 0 saturated heterocycles. The smallest absolute Gasteiger partial charge is 0.249 e. The molecule has 0 aromatic heterocycles. The van der Waals surface area contributed by atoms with Gasteiger partial charge >= 0.3 is 0 Å². The number of aryl methyl sites for hydroxylation is 1. The van der Waals surface area contributed by atoms with E-state index in [4.69, 9.17) is 5.73 Å². The Kier molecular flexibility index (Phi) is 3.44. The number of hydrogen-bond acceptors (Lipinski definition) is 1. The van der Waals surface area contributed by atoms with Gasteiger partial charge in [-0.05, 0) is 39.9 Å². The fourth-order valence-electron chi connectivity index (χ4n) is 2.71. The van der Waals surface area contributed by atoms with Crippen LogP contribution < -0.4 is 5.73 Å². The average molecular weight is 275 g/mol. The highest BCUT2D eigenvalue weighted by molar-refractivity contribution is 6.05. The Morgan fingerprint density at radius 3 is 2.48 bits per heavy atom. The molecule has 0 aliphatic rings. The predicted molar refractivity (Wildman–Crippen MR) is 87.3 cm³/mol. The molecule has 2 N–H and O–H groups in total. The van der Waals surface area contributed by atoms with Gasteiger partial charge in [-0.1, -0.05) is 61.5 Å². The van der Waals surface area contributed by atoms with Gasteiger partial charge in [-0.3, -0.25) is 4.79 Å². The van der Waals surface area contributed by atoms with Crippen LogP contribution in [0.1, 0.15) is 22.8 Å². The molecule has 2 nitrogen and oxygen atoms in total. The third kappa shape index (κ3) is 2.40. The van der Waals surface area contributed by atoms with E-state index >= 15 is 0 Å². The molecule has 0 fully saturated rings. The second kappa shape index (κ2) is 5.41. The summed E-state index contributed by atoms with van der Waals surface area (Å²) in [5.74, 6) is -0.388. The Bertz CT molecular complexity index is 815. The summed E-state index contributed by atoms with van der Waals surface area (Å²) in [7, 11) is 0. The van der Waals surface area contributed by atoms with Crippen LogP contribution in [0.5, 0.6) is 0 Å². The molecule has 3 rings (SSSR count). The minimum Gasteiger partial charge on any atom is -0.366 e. The van der Waals surface area contributed by atoms with Crippen LogP contribution in [0.15, 0.2) is 60.7 Å². The first-order valence-corrected chi connectivity index (χ1v) is 7.11. The zero-order valence-corrected chi connectivity index (χ0v) is 12.0. The summed E-state index contributed by atoms with van der Waals surface area (Å²) in [6, 6.07) is 20.2. The van der Waals surface area contributed by atoms with Crippen molar-refractivity contribution in [1.29, 1.82) is 0 Å². The van der Waals surface area contributed by atoms with Crippen LogP contribution >= 0.6 is 0 Å². The van der Waals surface area contributed by atoms with Gasteiger partial charge in [0, 0.05) is 5.56 Å². The first-order valence-electron chi connectivity index (χ1n) is 7.11. The lowest BCUT2D eigenvalue weighted by molar-refractivity contribution is 0.100. The van der Waals surface area contributed by atoms with E-state index in [0.29, 0.717) is 5.56 Å². The number of carbonyl (C=O) groups is 1. The predicted octanol–water partition coefficient (Wildman–Crippen LogP) is 4.17. The number of hydrogen-bond donors (Lipinski definition) is 1. The highest BCUT2D eigenvalue weighted by atomic mass is 16.1. The van der Waals surface area contributed by atoms with Crippen LogP contribution in [0.3, 0.4) is 0 Å². The molecular formula is C19H17NO. The van der Waals surface area contributed by atoms with Crippen molar-refractivity contribution in [3.05, 3.63) is 71.8 Å². The molecular weight excluding hydrogens is 258 g/mol. The molecule has 0 heterocycles. The Balaban J connectivity index is 2.34. The maximum Gasteiger partial charge on any atom is 0.249 e. The summed E-state index contributed by atoms with van der Waals surface area (Å²) in [5, 5.41) is 2.29. The van der Waals surface area contributed by atoms with Crippen molar-refractivity contribution in [3.63, 3.8) is 0 Å². The van der Waals surface area contributed by atoms with Gasteiger partial charge in [0.05, 0.1) is 0 Å². The Morgan fingerprint density at radius 1 is 0.952 bits per heavy atom. The van der Waals surface area contributed by atoms with Gasteiger partial charge in [-0.15, -0.1) is 0 Å². The quantitative estimate of drug-likeness (QED) is 0.766. The Morgan fingerprint density at radius 2 is 1.71 bits per heavy atom. The fraction of sp³-hybridized carbons (Fsp3) is 0.105. The number of primary amides is 1. The molecule has 0 spiro atoms. The summed E-state index contributed by atoms with van der Waals surface area (Å²) in [6.45, 7) is 2.10. The van der Waals surface area contributed by atoms with Crippen LogP contribution in [-0.2, 0) is 6.42 Å². The summed E-state index contributed by atoms with van der Waals surface area (Å²) in [4.78, 5) is 11.8. The number of amides is 1. The van der Waals surface area contributed by atoms with Crippen molar-refractivity contribution in [2.75, 3.05) is 0 Å². The third-order valence-corrected chi connectivity index (χ3v) is 3.84. The summed E-state index contributed by atoms with van der Waals surface area (Å²) in [5.41, 5.74) is 9.29. The molecule has 2 heteroatoms. The van der Waals surface area contributed by atoms with E-state index in [-0.39, 0.29) is 5.91 Å². The molecule has 0 unspecified atom stereocenters. The molecule has 0 saturated carbocycles. The van der Waals surface area contributed by atoms with Gasteiger partial charge in [0.1, 0.15) is 0 Å². The van der Waals surface area contributed by atoms with Crippen LogP contribution in [0.4, 0.5) is 0 Å². The molecule has 0 aliphatic heterocycles. The lowest BCUT2D eigenvalue weighted by atomic mass is 9.92. The van der Waals surface area contributed by atoms with Crippen LogP contribution in [0.2, 0.25) is 0 Å². The van der Waals surface area contributed by atoms with Crippen LogP contribution in [-0.4, -0.2) is 5.91 Å². The van der Waals surface area contributed by atoms with Crippen molar-refractivity contribution in [2.24, 2.45) is 5.73 Å². The first kappa shape index (κ1) is 13.4. The topological polar surface area (TPSA) is 43.1 Å². The lowest BCUT2D eigenvalue weighted by Crippen LogP contribution is -2.12. The molecule has 21 heavy (non-hydrogen) atoms. The normalized spacial score (nSPS) is 10.7. The minimum absolute atomic E-state index is 0.388. The van der Waals surface area contributed by atoms with Gasteiger partial charge < -0.3 is 5.73 Å². The van der Waals surface area contributed by atoms with Gasteiger partial charge in [0.15, 0.2) is 0 Å². The molecule has 0 aliphatic carbocycles. The maximum absolute atomic E-state index is 11.8. The second-order valence-electron chi connectivity index (χ2n) is 5.12. The molecule has 3 aromatic carbocycles. The molecule has 104 valence electrons. The maximum atomic E-state index is 11.8. The van der Waals surface area contributed by atoms with E-state index in [1.54, 1.807) is 0 Å². The largest absolute Gasteiger partial charge is 0.366 e. The van der Waals surface area contributed by atoms with Gasteiger partial charge in [0.2, 0.25) is 5.91 Å². The van der Waals surface area contributed by atoms with Crippen molar-refractivity contribution in [3.8, 4) is 11.1 Å². The SMILES string of the molecule is CCc1ccc(C(N)=O)c(-c2cccc3ccccc23)c1. The Hall–Kier alpha value is -2.61. The van der Waals surface area contributed by atoms with Crippen molar-refractivity contribution in [1.82, 2.24) is 0 Å². The number of rotatable bonds is 3. The van der Waals surface area contributed by atoms with Crippen molar-refractivity contribution < 1.29 is 4.79 Å². The first-order chi connectivity index (χ1) is 10.2. The zero-order valence-electron chi connectivity index (χ0n) is 12.0. The summed E-state index contributed by atoms with van der Waals surface area (Å²) in [6.07, 6.45) is 0.927. The van der Waals surface area contributed by atoms with Crippen molar-refractivity contribution >= 4 is 16.7 Å². The standard InChI is InChI=1S/C19H17NO/c1-2-13-10-11-17(19(20)21)18(12-13)16-9-5-7-14-6-3-4-8-15(14)16/h3-12H,2H2,1H3,(H2,20,21). The highest BCUT2D eigenvalue weighted by Gasteiger charge is 2.12. The van der Waals surface area contributed by atoms with Crippen molar-refractivity contribution in [2.45, 2.75) is 13.3 Å². The molecule has 0 radical (unpaired) electrons. The van der Waals surface area contributed by atoms with Gasteiger partial charge in [0.25, 0.3) is 0 Å². The van der Waals surface area contributed by atoms with E-state index in [0.717, 1.165) is 28.3 Å². The second-order valence-corrected chi connectivity index (χ2v) is 5.12. The molecule has 0 atom stereocenters. The summed E-state index contributed by atoms with van der Waals surface area (Å²) >= 11 is 0. The monoisotopic (exact) mass is 275 g/mol. The number of fused-ring (bicyclic) bond motifs is 1. The zero-order chi connectivity index (χ0) is 14.8. The highest BCUT2D eigenvalue weighted by Crippen LogP contribution is 2.31. The molecule has 0 bridgehead atoms. The van der Waals surface area contributed by atoms with E-state index < -0.39 is 0 Å². The van der Waals surface area contributed by atoms with E-state index in [2.05, 4.69) is 31.2 Å². The van der Waals surface area contributed by atoms with E-state index in [1.807, 2.05) is 36.4 Å². The molecule has 3 aromatic rings. The van der Waals surface area contributed by atoms with Gasteiger partial charge in [-0.25, -0.2) is 0 Å². The minimum atomic E-state index is -0.388. The molecule has 1 amide bonds. The lowest BCUT2D eigenvalue weighted by Gasteiger charge is -2.12. The van der Waals surface area contributed by atoms with Gasteiger partial charge in [-0.2, -0.15) is 0 Å². The van der Waals surface area contributed by atoms with Crippen LogP contribution in [0.25, 0.3) is 21.9 Å². The van der Waals surface area contributed by atoms with Crippen LogP contribution in [0, 0.1) is 0 Å². The number of benzene rings is 3. The Labute approximate surface area is 124 Å². The number of carbonyl (C=O) groups excluding carboxylic acids is 1. The fourth-order valence-corrected chi connectivity index (χ4v) is 2.71. The van der Waals surface area contributed by atoms with E-state index in [1.165, 1.54) is 5.56 Å². The van der Waals surface area contributed by atoms with E-state index in [9.17, 15) is 4.79 Å². The average Bonchev–Trinajstić information content (AvgIpc) is 2.53. The third-order valence-electron chi connectivity index (χ3n) is 3.84.